The average molecular weight is 279 g/mol. The molecule has 1 heterocycles. The van der Waals surface area contributed by atoms with E-state index in [1.165, 1.54) is 31.4 Å². The molecule has 6 heteroatoms. The molecule has 1 saturated carbocycles. The largest absolute Gasteiger partial charge is 0.376 e. The van der Waals surface area contributed by atoms with Gasteiger partial charge in [-0.2, -0.15) is 5.10 Å². The van der Waals surface area contributed by atoms with Gasteiger partial charge in [0.1, 0.15) is 5.69 Å². The molecule has 2 N–H and O–H groups in total. The standard InChI is InChI=1S/C14H21N3O3/c1-10-4-2-3-5-12(10)20-9-8-15-14(19)11-6-7-13(18)17-16-11/h6-7,10,12H,2-5,8-9H2,1H3,(H,15,19)(H,17,18)/t10-,12-/m1/s1. The van der Waals surface area contributed by atoms with E-state index in [-0.39, 0.29) is 17.2 Å². The first-order valence-corrected chi connectivity index (χ1v) is 7.12. The summed E-state index contributed by atoms with van der Waals surface area (Å²) in [6.07, 6.45) is 5.15. The Morgan fingerprint density at radius 1 is 1.45 bits per heavy atom. The van der Waals surface area contributed by atoms with Crippen molar-refractivity contribution < 1.29 is 9.53 Å². The lowest BCUT2D eigenvalue weighted by Gasteiger charge is -2.28. The quantitative estimate of drug-likeness (QED) is 0.790. The zero-order chi connectivity index (χ0) is 14.4. The molecule has 0 radical (unpaired) electrons. The monoisotopic (exact) mass is 279 g/mol. The second-order valence-electron chi connectivity index (χ2n) is 5.23. The van der Waals surface area contributed by atoms with Gasteiger partial charge in [-0.1, -0.05) is 19.8 Å². The summed E-state index contributed by atoms with van der Waals surface area (Å²) in [5.74, 6) is 0.293. The fraction of sp³-hybridized carbons (Fsp3) is 0.643. The Labute approximate surface area is 117 Å². The van der Waals surface area contributed by atoms with Gasteiger partial charge in [0.2, 0.25) is 0 Å². The van der Waals surface area contributed by atoms with Crippen molar-refractivity contribution in [3.63, 3.8) is 0 Å². The van der Waals surface area contributed by atoms with E-state index in [1.54, 1.807) is 0 Å². The van der Waals surface area contributed by atoms with Crippen LogP contribution in [-0.2, 0) is 4.74 Å². The van der Waals surface area contributed by atoms with Crippen molar-refractivity contribution in [2.75, 3.05) is 13.2 Å². The fourth-order valence-electron chi connectivity index (χ4n) is 2.47. The summed E-state index contributed by atoms with van der Waals surface area (Å²) >= 11 is 0. The predicted octanol–water partition coefficient (Wildman–Crippen LogP) is 1.09. The minimum atomic E-state index is -0.323. The van der Waals surface area contributed by atoms with Gasteiger partial charge in [-0.3, -0.25) is 9.59 Å². The number of carbonyl (C=O) groups is 1. The number of aromatic nitrogens is 2. The molecule has 1 aromatic rings. The summed E-state index contributed by atoms with van der Waals surface area (Å²) in [6.45, 7) is 3.17. The van der Waals surface area contributed by atoms with Gasteiger partial charge < -0.3 is 10.1 Å². The Bertz CT molecular complexity index is 480. The van der Waals surface area contributed by atoms with Crippen LogP contribution < -0.4 is 10.9 Å². The van der Waals surface area contributed by atoms with Crippen LogP contribution in [0.4, 0.5) is 0 Å². The first kappa shape index (κ1) is 14.7. The predicted molar refractivity (Wildman–Crippen MR) is 74.6 cm³/mol. The summed E-state index contributed by atoms with van der Waals surface area (Å²) in [6, 6.07) is 2.68. The van der Waals surface area contributed by atoms with Gasteiger partial charge >= 0.3 is 0 Å². The minimum absolute atomic E-state index is 0.204. The van der Waals surface area contributed by atoms with Crippen LogP contribution in [0.3, 0.4) is 0 Å². The average Bonchev–Trinajstić information content (AvgIpc) is 2.46. The Kier molecular flexibility index (Phi) is 5.29. The van der Waals surface area contributed by atoms with Crippen LogP contribution in [0.5, 0.6) is 0 Å². The number of carbonyl (C=O) groups excluding carboxylic acids is 1. The maximum absolute atomic E-state index is 11.7. The van der Waals surface area contributed by atoms with Gasteiger partial charge in [0.25, 0.3) is 11.5 Å². The van der Waals surface area contributed by atoms with E-state index >= 15 is 0 Å². The molecule has 0 aliphatic heterocycles. The van der Waals surface area contributed by atoms with Gasteiger partial charge in [0, 0.05) is 12.6 Å². The Morgan fingerprint density at radius 2 is 2.25 bits per heavy atom. The summed E-state index contributed by atoms with van der Waals surface area (Å²) < 4.78 is 5.81. The molecule has 1 aliphatic carbocycles. The SMILES string of the molecule is C[C@@H]1CCCC[C@H]1OCCNC(=O)c1ccc(=O)[nH]n1. The van der Waals surface area contributed by atoms with Crippen LogP contribution in [0, 0.1) is 5.92 Å². The lowest BCUT2D eigenvalue weighted by atomic mass is 9.88. The number of ether oxygens (including phenoxy) is 1. The van der Waals surface area contributed by atoms with Gasteiger partial charge in [-0.25, -0.2) is 5.10 Å². The van der Waals surface area contributed by atoms with E-state index in [0.717, 1.165) is 6.42 Å². The van der Waals surface area contributed by atoms with E-state index in [9.17, 15) is 9.59 Å². The molecule has 0 unspecified atom stereocenters. The number of H-pyrrole nitrogens is 1. The van der Waals surface area contributed by atoms with Crippen molar-refractivity contribution >= 4 is 5.91 Å². The second kappa shape index (κ2) is 7.19. The highest BCUT2D eigenvalue weighted by atomic mass is 16.5. The number of rotatable bonds is 5. The molecule has 2 rings (SSSR count). The Balaban J connectivity index is 1.69. The van der Waals surface area contributed by atoms with Crippen molar-refractivity contribution in [1.82, 2.24) is 15.5 Å². The maximum Gasteiger partial charge on any atom is 0.271 e. The molecule has 0 spiro atoms. The van der Waals surface area contributed by atoms with Crippen molar-refractivity contribution in [2.24, 2.45) is 5.92 Å². The third-order valence-electron chi connectivity index (χ3n) is 3.66. The fourth-order valence-corrected chi connectivity index (χ4v) is 2.47. The molecule has 6 nitrogen and oxygen atoms in total. The minimum Gasteiger partial charge on any atom is -0.376 e. The molecular formula is C14H21N3O3. The molecule has 1 aliphatic rings. The first-order chi connectivity index (χ1) is 9.66. The molecule has 1 fully saturated rings. The summed E-state index contributed by atoms with van der Waals surface area (Å²) in [4.78, 5) is 22.6. The van der Waals surface area contributed by atoms with Crippen LogP contribution in [0.2, 0.25) is 0 Å². The zero-order valence-corrected chi connectivity index (χ0v) is 11.7. The molecule has 20 heavy (non-hydrogen) atoms. The maximum atomic E-state index is 11.7. The van der Waals surface area contributed by atoms with Crippen LogP contribution in [0.15, 0.2) is 16.9 Å². The highest BCUT2D eigenvalue weighted by Gasteiger charge is 2.21. The number of hydrogen-bond acceptors (Lipinski definition) is 4. The summed E-state index contributed by atoms with van der Waals surface area (Å²) in [7, 11) is 0. The van der Waals surface area contributed by atoms with Crippen LogP contribution >= 0.6 is 0 Å². The first-order valence-electron chi connectivity index (χ1n) is 7.12. The molecule has 1 amide bonds. The topological polar surface area (TPSA) is 84.1 Å². The summed E-state index contributed by atoms with van der Waals surface area (Å²) in [5.41, 5.74) is -0.119. The van der Waals surface area contributed by atoms with Crippen molar-refractivity contribution in [3.8, 4) is 0 Å². The van der Waals surface area contributed by atoms with E-state index in [4.69, 9.17) is 4.74 Å². The number of nitrogens with one attached hydrogen (secondary N) is 2. The molecule has 2 atom stereocenters. The lowest BCUT2D eigenvalue weighted by molar-refractivity contribution is -0.00295. The highest BCUT2D eigenvalue weighted by molar-refractivity contribution is 5.91. The summed E-state index contributed by atoms with van der Waals surface area (Å²) in [5, 5.41) is 8.62. The van der Waals surface area contributed by atoms with Crippen LogP contribution in [-0.4, -0.2) is 35.4 Å². The Hall–Kier alpha value is -1.69. The lowest BCUT2D eigenvalue weighted by Crippen LogP contribution is -2.32. The molecular weight excluding hydrogens is 258 g/mol. The Morgan fingerprint density at radius 3 is 2.95 bits per heavy atom. The molecule has 110 valence electrons. The van der Waals surface area contributed by atoms with Gasteiger partial charge in [-0.15, -0.1) is 0 Å². The van der Waals surface area contributed by atoms with E-state index in [1.807, 2.05) is 0 Å². The van der Waals surface area contributed by atoms with Crippen molar-refractivity contribution in [3.05, 3.63) is 28.2 Å². The van der Waals surface area contributed by atoms with Crippen molar-refractivity contribution in [2.45, 2.75) is 38.7 Å². The van der Waals surface area contributed by atoms with Crippen LogP contribution in [0.1, 0.15) is 43.1 Å². The van der Waals surface area contributed by atoms with E-state index < -0.39 is 0 Å². The normalized spacial score (nSPS) is 22.4. The molecule has 0 bridgehead atoms. The second-order valence-corrected chi connectivity index (χ2v) is 5.23. The zero-order valence-electron chi connectivity index (χ0n) is 11.7. The van der Waals surface area contributed by atoms with E-state index in [2.05, 4.69) is 22.4 Å². The number of amides is 1. The third-order valence-corrected chi connectivity index (χ3v) is 3.66. The van der Waals surface area contributed by atoms with Crippen LogP contribution in [0.25, 0.3) is 0 Å². The molecule has 1 aromatic heterocycles. The molecule has 0 saturated heterocycles. The smallest absolute Gasteiger partial charge is 0.271 e. The number of nitrogens with zero attached hydrogens (tertiary/aromatic N) is 1. The third kappa shape index (κ3) is 4.16. The molecule has 0 aromatic carbocycles. The van der Waals surface area contributed by atoms with Gasteiger partial charge in [0.05, 0.1) is 12.7 Å². The van der Waals surface area contributed by atoms with Gasteiger partial charge in [0.15, 0.2) is 0 Å². The van der Waals surface area contributed by atoms with Crippen molar-refractivity contribution in [1.29, 1.82) is 0 Å². The number of hydrogen-bond donors (Lipinski definition) is 2. The van der Waals surface area contributed by atoms with E-state index in [0.29, 0.717) is 25.2 Å². The number of aromatic amines is 1. The van der Waals surface area contributed by atoms with Gasteiger partial charge in [-0.05, 0) is 24.8 Å². The highest BCUT2D eigenvalue weighted by Crippen LogP contribution is 2.25.